The molecular weight excluding hydrogens is 354 g/mol. The van der Waals surface area contributed by atoms with Crippen LogP contribution in [0.5, 0.6) is 0 Å². The minimum Gasteiger partial charge on any atom is -0.465 e. The third kappa shape index (κ3) is 4.11. The predicted molar refractivity (Wildman–Crippen MR) is 109 cm³/mol. The zero-order chi connectivity index (χ0) is 20.3. The molecule has 0 bridgehead atoms. The molecular formula is C22H23N3O3. The van der Waals surface area contributed by atoms with Crippen molar-refractivity contribution in [1.82, 2.24) is 9.88 Å². The summed E-state index contributed by atoms with van der Waals surface area (Å²) in [6.45, 7) is 5.31. The van der Waals surface area contributed by atoms with E-state index in [9.17, 15) is 14.7 Å². The highest BCUT2D eigenvalue weighted by Crippen LogP contribution is 2.30. The number of carboxylic acid groups (broad SMARTS) is 1. The molecule has 28 heavy (non-hydrogen) atoms. The van der Waals surface area contributed by atoms with Crippen molar-refractivity contribution in [3.05, 3.63) is 72.6 Å². The van der Waals surface area contributed by atoms with E-state index >= 15 is 0 Å². The van der Waals surface area contributed by atoms with Crippen molar-refractivity contribution in [2.24, 2.45) is 0 Å². The molecule has 3 aromatic rings. The topological polar surface area (TPSA) is 82.5 Å². The Morgan fingerprint density at radius 2 is 1.75 bits per heavy atom. The Bertz CT molecular complexity index is 997. The summed E-state index contributed by atoms with van der Waals surface area (Å²) in [7, 11) is 0. The van der Waals surface area contributed by atoms with Gasteiger partial charge >= 0.3 is 6.09 Å². The zero-order valence-electron chi connectivity index (χ0n) is 16.1. The van der Waals surface area contributed by atoms with Gasteiger partial charge in [-0.05, 0) is 49.9 Å². The van der Waals surface area contributed by atoms with Gasteiger partial charge in [0.1, 0.15) is 6.04 Å². The number of hydrogen-bond donors (Lipinski definition) is 2. The van der Waals surface area contributed by atoms with Gasteiger partial charge in [0.15, 0.2) is 0 Å². The summed E-state index contributed by atoms with van der Waals surface area (Å²) in [6.07, 6.45) is 2.28. The Kier molecular flexibility index (Phi) is 5.31. The van der Waals surface area contributed by atoms with Crippen molar-refractivity contribution in [1.29, 1.82) is 0 Å². The SMILES string of the molecule is CC(C)(C)N(C(=O)O)[C@@H](C(=O)Nc1ccc2cnccc2c1)c1ccccc1. The summed E-state index contributed by atoms with van der Waals surface area (Å²) < 4.78 is 0. The number of pyridine rings is 1. The molecule has 6 heteroatoms. The van der Waals surface area contributed by atoms with Gasteiger partial charge in [-0.2, -0.15) is 0 Å². The molecule has 0 aliphatic rings. The Labute approximate surface area is 163 Å². The van der Waals surface area contributed by atoms with E-state index < -0.39 is 23.6 Å². The molecule has 1 heterocycles. The fourth-order valence-corrected chi connectivity index (χ4v) is 3.21. The van der Waals surface area contributed by atoms with Gasteiger partial charge in [-0.1, -0.05) is 36.4 Å². The molecule has 0 aliphatic heterocycles. The first-order valence-electron chi connectivity index (χ1n) is 8.99. The molecule has 0 radical (unpaired) electrons. The van der Waals surface area contributed by atoms with Gasteiger partial charge in [0.25, 0.3) is 5.91 Å². The number of rotatable bonds is 4. The van der Waals surface area contributed by atoms with Crippen LogP contribution in [0.25, 0.3) is 10.8 Å². The number of anilines is 1. The average Bonchev–Trinajstić information content (AvgIpc) is 2.65. The summed E-state index contributed by atoms with van der Waals surface area (Å²) in [4.78, 5) is 30.5. The van der Waals surface area contributed by atoms with E-state index in [1.807, 2.05) is 24.3 Å². The summed E-state index contributed by atoms with van der Waals surface area (Å²) >= 11 is 0. The van der Waals surface area contributed by atoms with Crippen LogP contribution in [-0.4, -0.2) is 32.5 Å². The fourth-order valence-electron chi connectivity index (χ4n) is 3.21. The molecule has 2 amide bonds. The third-order valence-corrected chi connectivity index (χ3v) is 4.46. The molecule has 0 aliphatic carbocycles. The van der Waals surface area contributed by atoms with E-state index in [0.29, 0.717) is 11.3 Å². The second-order valence-electron chi connectivity index (χ2n) is 7.56. The molecule has 3 rings (SSSR count). The molecule has 0 saturated carbocycles. The number of carbonyl (C=O) groups is 2. The van der Waals surface area contributed by atoms with Gasteiger partial charge in [-0.15, -0.1) is 0 Å². The van der Waals surface area contributed by atoms with Crippen molar-refractivity contribution in [2.45, 2.75) is 32.4 Å². The lowest BCUT2D eigenvalue weighted by molar-refractivity contribution is -0.122. The molecule has 2 aromatic carbocycles. The molecule has 0 fully saturated rings. The molecule has 0 saturated heterocycles. The van der Waals surface area contributed by atoms with Crippen molar-refractivity contribution in [3.8, 4) is 0 Å². The zero-order valence-corrected chi connectivity index (χ0v) is 16.1. The lowest BCUT2D eigenvalue weighted by Gasteiger charge is -2.39. The first-order chi connectivity index (χ1) is 13.3. The van der Waals surface area contributed by atoms with Crippen LogP contribution >= 0.6 is 0 Å². The van der Waals surface area contributed by atoms with Crippen LogP contribution in [0.1, 0.15) is 32.4 Å². The van der Waals surface area contributed by atoms with Crippen LogP contribution in [0.15, 0.2) is 67.0 Å². The molecule has 1 aromatic heterocycles. The maximum atomic E-state index is 13.2. The highest BCUT2D eigenvalue weighted by atomic mass is 16.4. The molecule has 1 atom stereocenters. The maximum Gasteiger partial charge on any atom is 0.408 e. The molecule has 6 nitrogen and oxygen atoms in total. The van der Waals surface area contributed by atoms with Gasteiger partial charge in [0.2, 0.25) is 0 Å². The Balaban J connectivity index is 1.99. The number of benzene rings is 2. The van der Waals surface area contributed by atoms with Crippen LogP contribution in [0.2, 0.25) is 0 Å². The predicted octanol–water partition coefficient (Wildman–Crippen LogP) is 4.69. The van der Waals surface area contributed by atoms with E-state index in [0.717, 1.165) is 10.8 Å². The number of amides is 2. The number of nitrogens with zero attached hydrogens (tertiary/aromatic N) is 2. The minimum absolute atomic E-state index is 0.406. The first-order valence-corrected chi connectivity index (χ1v) is 8.99. The van der Waals surface area contributed by atoms with Crippen LogP contribution in [0, 0.1) is 0 Å². The standard InChI is InChI=1S/C22H23N3O3/c1-22(2,3)25(21(27)28)19(15-7-5-4-6-8-15)20(26)24-18-10-9-17-14-23-12-11-16(17)13-18/h4-14,19H,1-3H3,(H,24,26)(H,27,28)/t19-/m1/s1. The van der Waals surface area contributed by atoms with Crippen molar-refractivity contribution < 1.29 is 14.7 Å². The number of carbonyl (C=O) groups excluding carboxylic acids is 1. The lowest BCUT2D eigenvalue weighted by Crippen LogP contribution is -2.50. The number of fused-ring (bicyclic) bond motifs is 1. The number of aromatic nitrogens is 1. The monoisotopic (exact) mass is 377 g/mol. The lowest BCUT2D eigenvalue weighted by atomic mass is 9.97. The Morgan fingerprint density at radius 1 is 1.04 bits per heavy atom. The van der Waals surface area contributed by atoms with Gasteiger partial charge in [0, 0.05) is 29.0 Å². The van der Waals surface area contributed by atoms with Crippen molar-refractivity contribution in [2.75, 3.05) is 5.32 Å². The normalized spacial score (nSPS) is 12.4. The first kappa shape index (κ1) is 19.4. The highest BCUT2D eigenvalue weighted by molar-refractivity contribution is 5.99. The minimum atomic E-state index is -1.15. The smallest absolute Gasteiger partial charge is 0.408 e. The van der Waals surface area contributed by atoms with E-state index in [2.05, 4.69) is 10.3 Å². The molecule has 0 spiro atoms. The quantitative estimate of drug-likeness (QED) is 0.691. The van der Waals surface area contributed by atoms with E-state index in [4.69, 9.17) is 0 Å². The average molecular weight is 377 g/mol. The van der Waals surface area contributed by atoms with Crippen LogP contribution in [0.3, 0.4) is 0 Å². The van der Waals surface area contributed by atoms with Gasteiger partial charge in [0.05, 0.1) is 0 Å². The van der Waals surface area contributed by atoms with Crippen LogP contribution < -0.4 is 5.32 Å². The van der Waals surface area contributed by atoms with Crippen molar-refractivity contribution >= 4 is 28.5 Å². The summed E-state index contributed by atoms with van der Waals surface area (Å²) in [5.74, 6) is -0.406. The summed E-state index contributed by atoms with van der Waals surface area (Å²) in [6, 6.07) is 15.3. The van der Waals surface area contributed by atoms with Gasteiger partial charge < -0.3 is 10.4 Å². The van der Waals surface area contributed by atoms with Gasteiger partial charge in [-0.3, -0.25) is 14.7 Å². The van der Waals surface area contributed by atoms with Crippen LogP contribution in [0.4, 0.5) is 10.5 Å². The molecule has 0 unspecified atom stereocenters. The summed E-state index contributed by atoms with van der Waals surface area (Å²) in [5.41, 5.74) is 0.449. The van der Waals surface area contributed by atoms with Crippen LogP contribution in [-0.2, 0) is 4.79 Å². The fraction of sp³-hybridized carbons (Fsp3) is 0.227. The van der Waals surface area contributed by atoms with Crippen molar-refractivity contribution in [3.63, 3.8) is 0 Å². The second kappa shape index (κ2) is 7.68. The molecule has 2 N–H and O–H groups in total. The maximum absolute atomic E-state index is 13.2. The van der Waals surface area contributed by atoms with E-state index in [1.165, 1.54) is 4.90 Å². The highest BCUT2D eigenvalue weighted by Gasteiger charge is 2.38. The van der Waals surface area contributed by atoms with E-state index in [-0.39, 0.29) is 0 Å². The Morgan fingerprint density at radius 3 is 2.39 bits per heavy atom. The van der Waals surface area contributed by atoms with E-state index in [1.54, 1.807) is 63.5 Å². The number of nitrogens with one attached hydrogen (secondary N) is 1. The largest absolute Gasteiger partial charge is 0.465 e. The third-order valence-electron chi connectivity index (χ3n) is 4.46. The summed E-state index contributed by atoms with van der Waals surface area (Å²) in [5, 5.41) is 14.6. The second-order valence-corrected chi connectivity index (χ2v) is 7.56. The van der Waals surface area contributed by atoms with Gasteiger partial charge in [-0.25, -0.2) is 4.79 Å². The molecule has 144 valence electrons. The Hall–Kier alpha value is -3.41. The number of hydrogen-bond acceptors (Lipinski definition) is 3.